The van der Waals surface area contributed by atoms with Crippen molar-refractivity contribution in [3.05, 3.63) is 102 Å². The van der Waals surface area contributed by atoms with Crippen molar-refractivity contribution in [3.8, 4) is 0 Å². The second kappa shape index (κ2) is 8.12. The summed E-state index contributed by atoms with van der Waals surface area (Å²) in [7, 11) is 1.59. The highest BCUT2D eigenvalue weighted by Crippen LogP contribution is 2.26. The van der Waals surface area contributed by atoms with Crippen molar-refractivity contribution >= 4 is 17.5 Å². The SMILES string of the molecule is CNC(=O)c1ccc(NC(=O)C(c2ccccc2)c2ccccc2)cc1. The summed E-state index contributed by atoms with van der Waals surface area (Å²) in [6, 6.07) is 26.2. The highest BCUT2D eigenvalue weighted by Gasteiger charge is 2.22. The van der Waals surface area contributed by atoms with E-state index in [-0.39, 0.29) is 11.8 Å². The number of amides is 2. The van der Waals surface area contributed by atoms with Gasteiger partial charge in [0.05, 0.1) is 5.92 Å². The topological polar surface area (TPSA) is 58.2 Å². The Kier molecular flexibility index (Phi) is 5.44. The molecular formula is C22H20N2O2. The maximum Gasteiger partial charge on any atom is 0.251 e. The van der Waals surface area contributed by atoms with Gasteiger partial charge >= 0.3 is 0 Å². The Labute approximate surface area is 152 Å². The van der Waals surface area contributed by atoms with Gasteiger partial charge in [0.15, 0.2) is 0 Å². The van der Waals surface area contributed by atoms with Gasteiger partial charge in [-0.05, 0) is 35.4 Å². The molecule has 4 heteroatoms. The molecule has 0 fully saturated rings. The molecule has 0 heterocycles. The van der Waals surface area contributed by atoms with Crippen molar-refractivity contribution in [3.63, 3.8) is 0 Å². The zero-order chi connectivity index (χ0) is 18.4. The Hall–Kier alpha value is -3.40. The van der Waals surface area contributed by atoms with Crippen molar-refractivity contribution in [2.45, 2.75) is 5.92 Å². The second-order valence-electron chi connectivity index (χ2n) is 5.90. The van der Waals surface area contributed by atoms with Crippen LogP contribution in [-0.4, -0.2) is 18.9 Å². The molecule has 0 saturated heterocycles. The molecule has 3 rings (SSSR count). The molecule has 0 radical (unpaired) electrons. The number of carbonyl (C=O) groups excluding carboxylic acids is 2. The van der Waals surface area contributed by atoms with Gasteiger partial charge in [0, 0.05) is 18.3 Å². The van der Waals surface area contributed by atoms with Gasteiger partial charge in [-0.15, -0.1) is 0 Å². The summed E-state index contributed by atoms with van der Waals surface area (Å²) in [6.07, 6.45) is 0. The molecule has 0 spiro atoms. The van der Waals surface area contributed by atoms with Crippen LogP contribution in [0, 0.1) is 0 Å². The Morgan fingerprint density at radius 1 is 0.731 bits per heavy atom. The maximum absolute atomic E-state index is 13.0. The summed E-state index contributed by atoms with van der Waals surface area (Å²) in [5.41, 5.74) is 3.06. The predicted molar refractivity (Wildman–Crippen MR) is 103 cm³/mol. The summed E-state index contributed by atoms with van der Waals surface area (Å²) in [5.74, 6) is -0.680. The lowest BCUT2D eigenvalue weighted by atomic mass is 9.90. The summed E-state index contributed by atoms with van der Waals surface area (Å²) in [4.78, 5) is 24.6. The van der Waals surface area contributed by atoms with Crippen LogP contribution in [0.5, 0.6) is 0 Å². The number of hydrogen-bond donors (Lipinski definition) is 2. The first-order valence-electron chi connectivity index (χ1n) is 8.42. The first-order chi connectivity index (χ1) is 12.7. The molecule has 2 amide bonds. The van der Waals surface area contributed by atoms with E-state index in [2.05, 4.69) is 10.6 Å². The highest BCUT2D eigenvalue weighted by molar-refractivity contribution is 5.99. The van der Waals surface area contributed by atoms with E-state index in [1.54, 1.807) is 31.3 Å². The zero-order valence-electron chi connectivity index (χ0n) is 14.5. The molecule has 0 aromatic heterocycles. The zero-order valence-corrected chi connectivity index (χ0v) is 14.5. The number of rotatable bonds is 5. The van der Waals surface area contributed by atoms with Crippen LogP contribution in [0.15, 0.2) is 84.9 Å². The van der Waals surface area contributed by atoms with E-state index in [1.165, 1.54) is 0 Å². The van der Waals surface area contributed by atoms with Crippen LogP contribution in [0.1, 0.15) is 27.4 Å². The summed E-state index contributed by atoms with van der Waals surface area (Å²) in [6.45, 7) is 0. The van der Waals surface area contributed by atoms with E-state index in [4.69, 9.17) is 0 Å². The normalized spacial score (nSPS) is 10.4. The molecule has 26 heavy (non-hydrogen) atoms. The van der Waals surface area contributed by atoms with Crippen LogP contribution < -0.4 is 10.6 Å². The van der Waals surface area contributed by atoms with Crippen molar-refractivity contribution in [1.29, 1.82) is 0 Å². The quantitative estimate of drug-likeness (QED) is 0.739. The number of hydrogen-bond acceptors (Lipinski definition) is 2. The minimum absolute atomic E-state index is 0.116. The molecule has 0 aliphatic rings. The molecule has 3 aromatic carbocycles. The lowest BCUT2D eigenvalue weighted by Gasteiger charge is -2.18. The Morgan fingerprint density at radius 2 is 1.23 bits per heavy atom. The molecule has 0 unspecified atom stereocenters. The van der Waals surface area contributed by atoms with Gasteiger partial charge in [-0.2, -0.15) is 0 Å². The average molecular weight is 344 g/mol. The third-order valence-electron chi connectivity index (χ3n) is 4.17. The summed E-state index contributed by atoms with van der Waals surface area (Å²) < 4.78 is 0. The Balaban J connectivity index is 1.85. The summed E-state index contributed by atoms with van der Waals surface area (Å²) >= 11 is 0. The fourth-order valence-electron chi connectivity index (χ4n) is 2.85. The van der Waals surface area contributed by atoms with Gasteiger partial charge in [0.2, 0.25) is 5.91 Å². The van der Waals surface area contributed by atoms with E-state index in [0.29, 0.717) is 11.3 Å². The fourth-order valence-corrected chi connectivity index (χ4v) is 2.85. The van der Waals surface area contributed by atoms with E-state index < -0.39 is 5.92 Å². The third kappa shape index (κ3) is 3.98. The van der Waals surface area contributed by atoms with E-state index in [0.717, 1.165) is 11.1 Å². The molecule has 0 bridgehead atoms. The van der Waals surface area contributed by atoms with E-state index in [9.17, 15) is 9.59 Å². The van der Waals surface area contributed by atoms with Gasteiger partial charge in [-0.25, -0.2) is 0 Å². The van der Waals surface area contributed by atoms with E-state index >= 15 is 0 Å². The van der Waals surface area contributed by atoms with Crippen molar-refractivity contribution in [2.75, 3.05) is 12.4 Å². The van der Waals surface area contributed by atoms with Gasteiger partial charge in [0.25, 0.3) is 5.91 Å². The standard InChI is InChI=1S/C22H20N2O2/c1-23-21(25)18-12-14-19(15-13-18)24-22(26)20(16-8-4-2-5-9-16)17-10-6-3-7-11-17/h2-15,20H,1H3,(H,23,25)(H,24,26). The van der Waals surface area contributed by atoms with Crippen LogP contribution in [0.2, 0.25) is 0 Å². The molecular weight excluding hydrogens is 324 g/mol. The minimum atomic E-state index is -0.406. The monoisotopic (exact) mass is 344 g/mol. The Morgan fingerprint density at radius 3 is 1.69 bits per heavy atom. The lowest BCUT2D eigenvalue weighted by Crippen LogP contribution is -2.22. The molecule has 2 N–H and O–H groups in total. The van der Waals surface area contributed by atoms with Gasteiger partial charge in [0.1, 0.15) is 0 Å². The number of carbonyl (C=O) groups is 2. The van der Waals surface area contributed by atoms with Crippen LogP contribution >= 0.6 is 0 Å². The number of anilines is 1. The van der Waals surface area contributed by atoms with Gasteiger partial charge in [-0.1, -0.05) is 60.7 Å². The maximum atomic E-state index is 13.0. The van der Waals surface area contributed by atoms with Crippen molar-refractivity contribution in [2.24, 2.45) is 0 Å². The molecule has 0 saturated carbocycles. The summed E-state index contributed by atoms with van der Waals surface area (Å²) in [5, 5.41) is 5.53. The fraction of sp³-hybridized carbons (Fsp3) is 0.0909. The molecule has 0 aliphatic heterocycles. The molecule has 0 aliphatic carbocycles. The van der Waals surface area contributed by atoms with E-state index in [1.807, 2.05) is 60.7 Å². The first kappa shape index (κ1) is 17.4. The minimum Gasteiger partial charge on any atom is -0.355 e. The van der Waals surface area contributed by atoms with Crippen molar-refractivity contribution in [1.82, 2.24) is 5.32 Å². The van der Waals surface area contributed by atoms with Crippen LogP contribution in [0.4, 0.5) is 5.69 Å². The average Bonchev–Trinajstić information content (AvgIpc) is 2.70. The molecule has 3 aromatic rings. The number of benzene rings is 3. The molecule has 0 atom stereocenters. The molecule has 4 nitrogen and oxygen atoms in total. The third-order valence-corrected chi connectivity index (χ3v) is 4.17. The number of nitrogens with one attached hydrogen (secondary N) is 2. The van der Waals surface area contributed by atoms with Crippen molar-refractivity contribution < 1.29 is 9.59 Å². The van der Waals surface area contributed by atoms with Gasteiger partial charge in [-0.3, -0.25) is 9.59 Å². The Bertz CT molecular complexity index is 836. The first-order valence-corrected chi connectivity index (χ1v) is 8.42. The largest absolute Gasteiger partial charge is 0.355 e. The molecule has 130 valence electrons. The predicted octanol–water partition coefficient (Wildman–Crippen LogP) is 3.82. The highest BCUT2D eigenvalue weighted by atomic mass is 16.2. The lowest BCUT2D eigenvalue weighted by molar-refractivity contribution is -0.116. The second-order valence-corrected chi connectivity index (χ2v) is 5.90. The van der Waals surface area contributed by atoms with Crippen LogP contribution in [0.25, 0.3) is 0 Å². The smallest absolute Gasteiger partial charge is 0.251 e. The van der Waals surface area contributed by atoms with Crippen LogP contribution in [0.3, 0.4) is 0 Å². The van der Waals surface area contributed by atoms with Crippen LogP contribution in [-0.2, 0) is 4.79 Å². The van der Waals surface area contributed by atoms with Gasteiger partial charge < -0.3 is 10.6 Å².